The van der Waals surface area contributed by atoms with Gasteiger partial charge in [0.15, 0.2) is 17.5 Å². The maximum Gasteiger partial charge on any atom is 0.292 e. The lowest BCUT2D eigenvalue weighted by molar-refractivity contribution is -0.734. The van der Waals surface area contributed by atoms with E-state index in [1.165, 1.54) is 4.90 Å². The second-order valence-electron chi connectivity index (χ2n) is 6.45. The van der Waals surface area contributed by atoms with Gasteiger partial charge >= 0.3 is 0 Å². The average Bonchev–Trinajstić information content (AvgIpc) is 2.92. The minimum atomic E-state index is -0.358. The smallest absolute Gasteiger partial charge is 0.292 e. The molecule has 112 valence electrons. The first-order valence-electron chi connectivity index (χ1n) is 6.98. The van der Waals surface area contributed by atoms with Gasteiger partial charge in [0, 0.05) is 6.07 Å². The molecule has 1 fully saturated rings. The van der Waals surface area contributed by atoms with Crippen LogP contribution in [0.5, 0.6) is 11.5 Å². The number of nitrogens with zero attached hydrogens (tertiary/aromatic N) is 1. The summed E-state index contributed by atoms with van der Waals surface area (Å²) in [6.07, 6.45) is 0.227. The van der Waals surface area contributed by atoms with Gasteiger partial charge in [0.1, 0.15) is 0 Å². The molecule has 2 N–H and O–H groups in total. The van der Waals surface area contributed by atoms with Gasteiger partial charge in [-0.1, -0.05) is 0 Å². The van der Waals surface area contributed by atoms with Crippen molar-refractivity contribution in [2.24, 2.45) is 0 Å². The minimum absolute atomic E-state index is 0.106. The molecule has 0 saturated carbocycles. The number of carbonyl (C=O) groups excluding carboxylic acids is 2. The van der Waals surface area contributed by atoms with Gasteiger partial charge in [0.05, 0.1) is 17.6 Å². The number of nitrogens with two attached hydrogens (primary N) is 1. The van der Waals surface area contributed by atoms with Gasteiger partial charge in [0.25, 0.3) is 5.91 Å². The molecule has 1 aromatic rings. The molecule has 6 heteroatoms. The van der Waals surface area contributed by atoms with Crippen LogP contribution in [0.2, 0.25) is 0 Å². The second kappa shape index (κ2) is 4.73. The summed E-state index contributed by atoms with van der Waals surface area (Å²) in [6.45, 7) is 6.23. The van der Waals surface area contributed by atoms with Gasteiger partial charge in [-0.3, -0.25) is 9.59 Å². The van der Waals surface area contributed by atoms with Crippen molar-refractivity contribution in [2.45, 2.75) is 38.8 Å². The fourth-order valence-corrected chi connectivity index (χ4v) is 2.68. The summed E-state index contributed by atoms with van der Waals surface area (Å²) in [6, 6.07) is 4.75. The zero-order valence-corrected chi connectivity index (χ0v) is 12.4. The number of quaternary nitrogens is 1. The summed E-state index contributed by atoms with van der Waals surface area (Å²) in [4.78, 5) is 25.9. The van der Waals surface area contributed by atoms with Crippen molar-refractivity contribution in [2.75, 3.05) is 11.7 Å². The lowest BCUT2D eigenvalue weighted by atomic mass is 10.1. The Balaban J connectivity index is 1.85. The molecule has 2 aliphatic rings. The summed E-state index contributed by atoms with van der Waals surface area (Å²) < 4.78 is 10.5. The van der Waals surface area contributed by atoms with Crippen molar-refractivity contribution >= 4 is 17.5 Å². The van der Waals surface area contributed by atoms with E-state index in [-0.39, 0.29) is 36.6 Å². The predicted octanol–water partition coefficient (Wildman–Crippen LogP) is 0.409. The largest absolute Gasteiger partial charge is 0.454 e. The summed E-state index contributed by atoms with van der Waals surface area (Å²) >= 11 is 0. The summed E-state index contributed by atoms with van der Waals surface area (Å²) in [7, 11) is 0. The molecule has 0 bridgehead atoms. The molecule has 21 heavy (non-hydrogen) atoms. The monoisotopic (exact) mass is 291 g/mol. The van der Waals surface area contributed by atoms with Gasteiger partial charge in [0.2, 0.25) is 12.7 Å². The lowest BCUT2D eigenvalue weighted by Gasteiger charge is -2.21. The van der Waals surface area contributed by atoms with Crippen LogP contribution in [0, 0.1) is 0 Å². The van der Waals surface area contributed by atoms with E-state index in [1.54, 1.807) is 18.2 Å². The van der Waals surface area contributed by atoms with Crippen molar-refractivity contribution in [3.05, 3.63) is 18.2 Å². The Labute approximate surface area is 123 Å². The van der Waals surface area contributed by atoms with Crippen molar-refractivity contribution in [3.63, 3.8) is 0 Å². The average molecular weight is 291 g/mol. The van der Waals surface area contributed by atoms with E-state index < -0.39 is 0 Å². The number of benzene rings is 1. The van der Waals surface area contributed by atoms with Crippen LogP contribution in [0.15, 0.2) is 18.2 Å². The van der Waals surface area contributed by atoms with Crippen molar-refractivity contribution in [1.82, 2.24) is 0 Å². The number of carbonyl (C=O) groups is 2. The molecule has 0 aromatic heterocycles. The summed E-state index contributed by atoms with van der Waals surface area (Å²) in [5, 5.41) is 1.94. The highest BCUT2D eigenvalue weighted by atomic mass is 16.7. The molecule has 1 saturated heterocycles. The van der Waals surface area contributed by atoms with Gasteiger partial charge in [-0.05, 0) is 32.9 Å². The maximum atomic E-state index is 12.5. The molecule has 6 nitrogen and oxygen atoms in total. The first kappa shape index (κ1) is 13.9. The van der Waals surface area contributed by atoms with E-state index in [9.17, 15) is 9.59 Å². The molecule has 0 unspecified atom stereocenters. The van der Waals surface area contributed by atoms with E-state index in [2.05, 4.69) is 0 Å². The number of anilines is 1. The number of hydrogen-bond donors (Lipinski definition) is 1. The van der Waals surface area contributed by atoms with Crippen LogP contribution < -0.4 is 19.7 Å². The van der Waals surface area contributed by atoms with E-state index in [1.807, 2.05) is 26.1 Å². The van der Waals surface area contributed by atoms with Crippen LogP contribution in [0.4, 0.5) is 5.69 Å². The van der Waals surface area contributed by atoms with Crippen LogP contribution in [0.1, 0.15) is 27.2 Å². The standard InChI is InChI=1S/C15H18N2O4/c1-15(2,3)16-10-7-13(18)17(14(10)19)9-4-5-11-12(6-9)21-8-20-11/h4-6,10,16H,7-8H2,1-3H3/p+1/t10-/m0/s1. The van der Waals surface area contributed by atoms with E-state index in [0.717, 1.165) is 0 Å². The molecule has 1 aromatic carbocycles. The van der Waals surface area contributed by atoms with Gasteiger partial charge < -0.3 is 14.8 Å². The molecular weight excluding hydrogens is 272 g/mol. The lowest BCUT2D eigenvalue weighted by Crippen LogP contribution is -3.00. The Morgan fingerprint density at radius 3 is 2.62 bits per heavy atom. The zero-order valence-electron chi connectivity index (χ0n) is 12.4. The number of imide groups is 1. The Bertz CT molecular complexity index is 606. The van der Waals surface area contributed by atoms with Gasteiger partial charge in [-0.15, -0.1) is 0 Å². The van der Waals surface area contributed by atoms with Crippen molar-refractivity contribution in [3.8, 4) is 11.5 Å². The van der Waals surface area contributed by atoms with E-state index >= 15 is 0 Å². The summed E-state index contributed by atoms with van der Waals surface area (Å²) in [5.41, 5.74) is 0.435. The highest BCUT2D eigenvalue weighted by Crippen LogP contribution is 2.36. The third-order valence-corrected chi connectivity index (χ3v) is 3.50. The fraction of sp³-hybridized carbons (Fsp3) is 0.467. The van der Waals surface area contributed by atoms with Crippen LogP contribution in [-0.2, 0) is 9.59 Å². The highest BCUT2D eigenvalue weighted by Gasteiger charge is 2.44. The summed E-state index contributed by atoms with van der Waals surface area (Å²) in [5.74, 6) is 0.852. The van der Waals surface area contributed by atoms with Crippen LogP contribution >= 0.6 is 0 Å². The fourth-order valence-electron chi connectivity index (χ4n) is 2.68. The molecule has 0 aliphatic carbocycles. The molecule has 2 amide bonds. The SMILES string of the molecule is CC(C)(C)[NH2+][C@H]1CC(=O)N(c2ccc3c(c2)OCO3)C1=O. The normalized spacial score (nSPS) is 21.3. The quantitative estimate of drug-likeness (QED) is 0.801. The van der Waals surface area contributed by atoms with E-state index in [0.29, 0.717) is 17.2 Å². The third kappa shape index (κ3) is 2.58. The van der Waals surface area contributed by atoms with Gasteiger partial charge in [-0.25, -0.2) is 4.90 Å². The molecule has 0 spiro atoms. The highest BCUT2D eigenvalue weighted by molar-refractivity contribution is 6.21. The molecule has 0 radical (unpaired) electrons. The predicted molar refractivity (Wildman–Crippen MR) is 75.1 cm³/mol. The number of hydrogen-bond acceptors (Lipinski definition) is 4. The molecule has 1 atom stereocenters. The number of amides is 2. The molecule has 3 rings (SSSR count). The van der Waals surface area contributed by atoms with Crippen LogP contribution in [-0.4, -0.2) is 30.2 Å². The van der Waals surface area contributed by atoms with Crippen molar-refractivity contribution in [1.29, 1.82) is 0 Å². The Morgan fingerprint density at radius 2 is 1.90 bits per heavy atom. The first-order chi connectivity index (χ1) is 9.85. The minimum Gasteiger partial charge on any atom is -0.454 e. The van der Waals surface area contributed by atoms with Crippen LogP contribution in [0.3, 0.4) is 0 Å². The third-order valence-electron chi connectivity index (χ3n) is 3.50. The Kier molecular flexibility index (Phi) is 3.13. The van der Waals surface area contributed by atoms with Crippen LogP contribution in [0.25, 0.3) is 0 Å². The molecular formula is C15H19N2O4+. The Morgan fingerprint density at radius 1 is 1.19 bits per heavy atom. The first-order valence-corrected chi connectivity index (χ1v) is 6.98. The molecule has 2 heterocycles. The maximum absolute atomic E-state index is 12.5. The Hall–Kier alpha value is -2.08. The van der Waals surface area contributed by atoms with Gasteiger partial charge in [-0.2, -0.15) is 0 Å². The molecule has 2 aliphatic heterocycles. The number of ether oxygens (including phenoxy) is 2. The van der Waals surface area contributed by atoms with E-state index in [4.69, 9.17) is 9.47 Å². The zero-order chi connectivity index (χ0) is 15.2. The van der Waals surface area contributed by atoms with Crippen molar-refractivity contribution < 1.29 is 24.4 Å². The second-order valence-corrected chi connectivity index (χ2v) is 6.45. The topological polar surface area (TPSA) is 72.5 Å². The number of rotatable bonds is 2. The number of fused-ring (bicyclic) bond motifs is 1.